The fourth-order valence-electron chi connectivity index (χ4n) is 3.17. The van der Waals surface area contributed by atoms with E-state index < -0.39 is 0 Å². The Hall–Kier alpha value is 0.337. The van der Waals surface area contributed by atoms with E-state index in [2.05, 4.69) is 18.6 Å². The predicted molar refractivity (Wildman–Crippen MR) is 41.4 cm³/mol. The number of rotatable bonds is 0. The SMILES string of the molecule is C1=CC[C@@]23[CH-][C@@]2(C1)CCC3.[Li+]. The van der Waals surface area contributed by atoms with Crippen molar-refractivity contribution in [2.45, 2.75) is 32.1 Å². The minimum Gasteiger partial charge on any atom is -0.320 e. The molecule has 0 saturated heterocycles. The Morgan fingerprint density at radius 2 is 1.55 bits per heavy atom. The Bertz CT molecular complexity index is 189. The van der Waals surface area contributed by atoms with Crippen molar-refractivity contribution < 1.29 is 18.9 Å². The Morgan fingerprint density at radius 3 is 2.09 bits per heavy atom. The second-order valence-corrected chi connectivity index (χ2v) is 4.19. The first kappa shape index (κ1) is 7.96. The molecule has 0 radical (unpaired) electrons. The molecule has 54 valence electrons. The average Bonchev–Trinajstić information content (AvgIpc) is 2.47. The minimum absolute atomic E-state index is 0. The molecule has 0 aromatic rings. The molecule has 3 rings (SSSR count). The quantitative estimate of drug-likeness (QED) is 0.246. The van der Waals surface area contributed by atoms with Gasteiger partial charge in [0.15, 0.2) is 0 Å². The van der Waals surface area contributed by atoms with Crippen molar-refractivity contribution in [1.82, 2.24) is 0 Å². The van der Waals surface area contributed by atoms with Crippen molar-refractivity contribution >= 4 is 0 Å². The number of hydrogen-bond acceptors (Lipinski definition) is 0. The molecule has 1 heteroatoms. The van der Waals surface area contributed by atoms with E-state index in [1.807, 2.05) is 0 Å². The van der Waals surface area contributed by atoms with E-state index in [0.717, 1.165) is 10.8 Å². The molecule has 3 aliphatic rings. The van der Waals surface area contributed by atoms with Crippen molar-refractivity contribution in [3.63, 3.8) is 0 Å². The molecule has 0 nitrogen and oxygen atoms in total. The van der Waals surface area contributed by atoms with Crippen LogP contribution in [-0.4, -0.2) is 0 Å². The van der Waals surface area contributed by atoms with Crippen LogP contribution in [0.3, 0.4) is 0 Å². The molecular weight excluding hydrogens is 127 g/mol. The zero-order chi connectivity index (χ0) is 6.66. The third-order valence-electron chi connectivity index (χ3n) is 3.84. The predicted octanol–water partition coefficient (Wildman–Crippen LogP) is -0.285. The third kappa shape index (κ3) is 0.781. The molecule has 2 fully saturated rings. The van der Waals surface area contributed by atoms with Crippen LogP contribution in [0.2, 0.25) is 0 Å². The van der Waals surface area contributed by atoms with E-state index in [0.29, 0.717) is 0 Å². The van der Waals surface area contributed by atoms with Gasteiger partial charge in [-0.2, -0.15) is 10.8 Å². The van der Waals surface area contributed by atoms with Crippen LogP contribution in [0.25, 0.3) is 0 Å². The van der Waals surface area contributed by atoms with Gasteiger partial charge in [0.25, 0.3) is 0 Å². The topological polar surface area (TPSA) is 0 Å². The van der Waals surface area contributed by atoms with Gasteiger partial charge in [-0.25, -0.2) is 0 Å². The molecule has 0 heterocycles. The third-order valence-corrected chi connectivity index (χ3v) is 3.84. The van der Waals surface area contributed by atoms with Crippen LogP contribution in [-0.2, 0) is 0 Å². The van der Waals surface area contributed by atoms with Gasteiger partial charge < -0.3 is 6.42 Å². The van der Waals surface area contributed by atoms with Crippen molar-refractivity contribution in [2.75, 3.05) is 0 Å². The van der Waals surface area contributed by atoms with Crippen LogP contribution < -0.4 is 18.9 Å². The molecule has 0 unspecified atom stereocenters. The zero-order valence-corrected chi connectivity index (χ0v) is 7.27. The van der Waals surface area contributed by atoms with Gasteiger partial charge in [-0.1, -0.05) is 44.3 Å². The second-order valence-electron chi connectivity index (χ2n) is 4.19. The van der Waals surface area contributed by atoms with Gasteiger partial charge in [-0.05, 0) is 0 Å². The molecule has 2 saturated carbocycles. The first-order valence-corrected chi connectivity index (χ1v) is 4.39. The molecule has 0 bridgehead atoms. The maximum atomic E-state index is 2.63. The van der Waals surface area contributed by atoms with Crippen molar-refractivity contribution in [2.24, 2.45) is 10.8 Å². The average molecular weight is 140 g/mol. The van der Waals surface area contributed by atoms with Crippen LogP contribution >= 0.6 is 0 Å². The summed E-state index contributed by atoms with van der Waals surface area (Å²) in [5, 5.41) is 0. The summed E-state index contributed by atoms with van der Waals surface area (Å²) in [4.78, 5) is 0. The molecule has 0 aromatic carbocycles. The van der Waals surface area contributed by atoms with E-state index >= 15 is 0 Å². The van der Waals surface area contributed by atoms with Gasteiger partial charge >= 0.3 is 18.9 Å². The first-order chi connectivity index (χ1) is 4.87. The molecule has 0 spiro atoms. The Morgan fingerprint density at radius 1 is 1.00 bits per heavy atom. The maximum Gasteiger partial charge on any atom is 1.00 e. The summed E-state index contributed by atoms with van der Waals surface area (Å²) in [6, 6.07) is 0. The minimum atomic E-state index is 0. The van der Waals surface area contributed by atoms with Crippen molar-refractivity contribution in [1.29, 1.82) is 0 Å². The van der Waals surface area contributed by atoms with Gasteiger partial charge in [0.1, 0.15) is 0 Å². The van der Waals surface area contributed by atoms with Crippen LogP contribution in [0.1, 0.15) is 32.1 Å². The smallest absolute Gasteiger partial charge is 0.320 e. The summed E-state index contributed by atoms with van der Waals surface area (Å²) in [6.45, 7) is 0. The van der Waals surface area contributed by atoms with Crippen LogP contribution in [0.15, 0.2) is 12.2 Å². The molecule has 11 heavy (non-hydrogen) atoms. The van der Waals surface area contributed by atoms with E-state index in [4.69, 9.17) is 0 Å². The van der Waals surface area contributed by atoms with Crippen molar-refractivity contribution in [3.8, 4) is 0 Å². The van der Waals surface area contributed by atoms with Gasteiger partial charge in [0.05, 0.1) is 0 Å². The number of allylic oxidation sites excluding steroid dienone is 2. The van der Waals surface area contributed by atoms with Crippen LogP contribution in [0.4, 0.5) is 0 Å². The Kier molecular flexibility index (Phi) is 1.58. The zero-order valence-electron chi connectivity index (χ0n) is 7.27. The second kappa shape index (κ2) is 2.18. The fraction of sp³-hybridized carbons (Fsp3) is 0.700. The fourth-order valence-corrected chi connectivity index (χ4v) is 3.17. The van der Waals surface area contributed by atoms with E-state index in [1.165, 1.54) is 32.1 Å². The Labute approximate surface area is 80.6 Å². The van der Waals surface area contributed by atoms with E-state index in [9.17, 15) is 0 Å². The maximum absolute atomic E-state index is 2.63. The summed E-state index contributed by atoms with van der Waals surface area (Å²) < 4.78 is 0. The standard InChI is InChI=1S/C10H13.Li/c1-2-5-10-7-3-6-9(10,4-1)8-10;/h1-2,8H,3-7H2;/q-1;+1/t9-,10-;/m1./s1. The van der Waals surface area contributed by atoms with E-state index in [-0.39, 0.29) is 18.9 Å². The monoisotopic (exact) mass is 140 g/mol. The molecule has 3 aliphatic carbocycles. The molecule has 0 aromatic heterocycles. The molecule has 0 amide bonds. The molecule has 0 N–H and O–H groups in total. The summed E-state index contributed by atoms with van der Waals surface area (Å²) in [5.41, 5.74) is 1.45. The summed E-state index contributed by atoms with van der Waals surface area (Å²) in [6.07, 6.45) is 14.6. The number of hydrogen-bond donors (Lipinski definition) is 0. The van der Waals surface area contributed by atoms with Gasteiger partial charge in [0.2, 0.25) is 0 Å². The van der Waals surface area contributed by atoms with Gasteiger partial charge in [0, 0.05) is 0 Å². The normalized spacial score (nSPS) is 50.9. The van der Waals surface area contributed by atoms with Crippen LogP contribution in [0.5, 0.6) is 0 Å². The van der Waals surface area contributed by atoms with E-state index in [1.54, 1.807) is 0 Å². The molecular formula is C10H13Li. The van der Waals surface area contributed by atoms with Gasteiger partial charge in [-0.15, -0.1) is 0 Å². The Balaban J connectivity index is 0.000000480. The molecule has 2 atom stereocenters. The largest absolute Gasteiger partial charge is 1.00 e. The summed E-state index contributed by atoms with van der Waals surface area (Å²) >= 11 is 0. The van der Waals surface area contributed by atoms with Crippen molar-refractivity contribution in [3.05, 3.63) is 18.6 Å². The van der Waals surface area contributed by atoms with Gasteiger partial charge in [-0.3, -0.25) is 0 Å². The summed E-state index contributed by atoms with van der Waals surface area (Å²) in [5.74, 6) is 0. The summed E-state index contributed by atoms with van der Waals surface area (Å²) in [7, 11) is 0. The first-order valence-electron chi connectivity index (χ1n) is 4.39. The molecule has 0 aliphatic heterocycles. The van der Waals surface area contributed by atoms with Crippen LogP contribution in [0, 0.1) is 17.3 Å².